The molecule has 2 aliphatic rings. The lowest BCUT2D eigenvalue weighted by molar-refractivity contribution is -0.141. The molecular formula is C22H27Cl2N3O4. The third kappa shape index (κ3) is 4.85. The van der Waals surface area contributed by atoms with Crippen LogP contribution in [0, 0.1) is 0 Å². The zero-order valence-electron chi connectivity index (χ0n) is 17.5. The number of esters is 1. The van der Waals surface area contributed by atoms with E-state index in [0.717, 1.165) is 49.2 Å². The molecule has 31 heavy (non-hydrogen) atoms. The number of hydrogen-bond acceptors (Lipinski definition) is 7. The molecule has 4 rings (SSSR count). The number of anilines is 2. The normalized spacial score (nSPS) is 21.3. The van der Waals surface area contributed by atoms with Gasteiger partial charge in [-0.15, -0.1) is 0 Å². The number of carbonyl (C=O) groups is 1. The highest BCUT2D eigenvalue weighted by Gasteiger charge is 2.29. The van der Waals surface area contributed by atoms with Gasteiger partial charge in [-0.2, -0.15) is 0 Å². The summed E-state index contributed by atoms with van der Waals surface area (Å²) in [5.41, 5.74) is 1.67. The van der Waals surface area contributed by atoms with Crippen LogP contribution in [-0.4, -0.2) is 68.2 Å². The first-order valence-corrected chi connectivity index (χ1v) is 11.4. The van der Waals surface area contributed by atoms with Crippen molar-refractivity contribution < 1.29 is 19.4 Å². The number of aromatic nitrogens is 1. The van der Waals surface area contributed by atoms with Gasteiger partial charge in [0.1, 0.15) is 5.82 Å². The van der Waals surface area contributed by atoms with E-state index in [-0.39, 0.29) is 24.5 Å². The minimum atomic E-state index is -0.336. The summed E-state index contributed by atoms with van der Waals surface area (Å²) < 4.78 is 10.4. The maximum atomic E-state index is 11.3. The summed E-state index contributed by atoms with van der Waals surface area (Å²) in [5.74, 6) is 0.551. The summed E-state index contributed by atoms with van der Waals surface area (Å²) in [6.07, 6.45) is 2.66. The van der Waals surface area contributed by atoms with Crippen molar-refractivity contribution in [2.24, 2.45) is 0 Å². The van der Waals surface area contributed by atoms with Crippen molar-refractivity contribution in [2.45, 2.75) is 37.8 Å². The summed E-state index contributed by atoms with van der Waals surface area (Å²) in [4.78, 5) is 20.6. The molecule has 0 radical (unpaired) electrons. The van der Waals surface area contributed by atoms with E-state index in [1.165, 1.54) is 7.11 Å². The fourth-order valence-electron chi connectivity index (χ4n) is 4.36. The van der Waals surface area contributed by atoms with Gasteiger partial charge in [-0.05, 0) is 31.4 Å². The first kappa shape index (κ1) is 22.4. The van der Waals surface area contributed by atoms with Crippen molar-refractivity contribution in [3.63, 3.8) is 0 Å². The van der Waals surface area contributed by atoms with Gasteiger partial charge in [0.15, 0.2) is 0 Å². The number of β-amino-alcohol motifs (C(OH)–C–C–N with tert-alkyl or cyclic N) is 1. The Morgan fingerprint density at radius 3 is 2.87 bits per heavy atom. The highest BCUT2D eigenvalue weighted by atomic mass is 35.5. The molecule has 0 spiro atoms. The number of carbonyl (C=O) groups excluding carboxylic acids is 1. The Bertz CT molecular complexity index is 958. The lowest BCUT2D eigenvalue weighted by Gasteiger charge is -2.28. The minimum Gasteiger partial charge on any atom is -0.469 e. The number of aliphatic hydroxyl groups is 1. The van der Waals surface area contributed by atoms with Gasteiger partial charge in [-0.3, -0.25) is 4.79 Å². The number of methoxy groups -OCH3 is 1. The van der Waals surface area contributed by atoms with Gasteiger partial charge < -0.3 is 24.4 Å². The van der Waals surface area contributed by atoms with E-state index in [2.05, 4.69) is 20.6 Å². The molecule has 0 saturated carbocycles. The molecule has 7 nitrogen and oxygen atoms in total. The van der Waals surface area contributed by atoms with Crippen LogP contribution >= 0.6 is 23.2 Å². The molecule has 2 aromatic rings. The maximum Gasteiger partial charge on any atom is 0.307 e. The SMILES string of the molecule is COC(=O)CCOCC1CCCN1c1cc(N2CC[C@@H](O)C2)c2ccc(Cl)c(Cl)c2n1. The first-order chi connectivity index (χ1) is 15.0. The Balaban J connectivity index is 1.61. The van der Waals surface area contributed by atoms with Crippen molar-refractivity contribution in [3.05, 3.63) is 28.2 Å². The Kier molecular flexibility index (Phi) is 7.06. The van der Waals surface area contributed by atoms with Gasteiger partial charge in [-0.1, -0.05) is 23.2 Å². The third-order valence-electron chi connectivity index (χ3n) is 6.00. The molecule has 1 N–H and O–H groups in total. The number of rotatable bonds is 7. The number of fused-ring (bicyclic) bond motifs is 1. The van der Waals surface area contributed by atoms with Gasteiger partial charge in [0.2, 0.25) is 0 Å². The summed E-state index contributed by atoms with van der Waals surface area (Å²) in [6, 6.07) is 5.98. The summed E-state index contributed by atoms with van der Waals surface area (Å²) in [5, 5.41) is 11.9. The van der Waals surface area contributed by atoms with Crippen LogP contribution in [0.1, 0.15) is 25.7 Å². The number of hydrogen-bond donors (Lipinski definition) is 1. The van der Waals surface area contributed by atoms with Crippen LogP contribution in [0.5, 0.6) is 0 Å². The molecule has 0 amide bonds. The molecule has 2 fully saturated rings. The van der Waals surface area contributed by atoms with Crippen LogP contribution in [0.4, 0.5) is 11.5 Å². The van der Waals surface area contributed by atoms with Crippen molar-refractivity contribution in [1.82, 2.24) is 4.98 Å². The molecule has 1 aromatic heterocycles. The molecule has 2 saturated heterocycles. The van der Waals surface area contributed by atoms with E-state index in [0.29, 0.717) is 35.3 Å². The maximum absolute atomic E-state index is 11.3. The second-order valence-corrected chi connectivity index (χ2v) is 8.82. The number of benzene rings is 1. The van der Waals surface area contributed by atoms with Crippen molar-refractivity contribution >= 4 is 51.6 Å². The number of pyridine rings is 1. The van der Waals surface area contributed by atoms with Crippen LogP contribution in [0.15, 0.2) is 18.2 Å². The van der Waals surface area contributed by atoms with Gasteiger partial charge in [0.05, 0.1) is 54.5 Å². The zero-order chi connectivity index (χ0) is 22.0. The smallest absolute Gasteiger partial charge is 0.307 e. The monoisotopic (exact) mass is 467 g/mol. The quantitative estimate of drug-likeness (QED) is 0.491. The highest BCUT2D eigenvalue weighted by molar-refractivity contribution is 6.45. The predicted octanol–water partition coefficient (Wildman–Crippen LogP) is 3.66. The average molecular weight is 468 g/mol. The molecule has 2 atom stereocenters. The van der Waals surface area contributed by atoms with Crippen LogP contribution in [0.3, 0.4) is 0 Å². The Labute approximate surface area is 191 Å². The van der Waals surface area contributed by atoms with Gasteiger partial charge in [0.25, 0.3) is 0 Å². The van der Waals surface area contributed by atoms with E-state index < -0.39 is 0 Å². The second-order valence-electron chi connectivity index (χ2n) is 8.04. The standard InChI is InChI=1S/C22H27Cl2N3O4/c1-30-20(29)7-10-31-13-14-3-2-8-27(14)19-11-18(26-9-6-15(28)12-26)16-4-5-17(23)21(24)22(16)25-19/h4-5,11,14-15,28H,2-3,6-10,12-13H2,1H3/t14?,15-/m1/s1. The molecule has 3 heterocycles. The fraction of sp³-hybridized carbons (Fsp3) is 0.545. The van der Waals surface area contributed by atoms with Crippen molar-refractivity contribution in [2.75, 3.05) is 49.8 Å². The van der Waals surface area contributed by atoms with E-state index in [4.69, 9.17) is 32.9 Å². The molecule has 9 heteroatoms. The molecule has 0 bridgehead atoms. The van der Waals surface area contributed by atoms with E-state index in [1.807, 2.05) is 6.07 Å². The molecule has 2 aliphatic heterocycles. The van der Waals surface area contributed by atoms with Crippen molar-refractivity contribution in [3.8, 4) is 0 Å². The summed E-state index contributed by atoms with van der Waals surface area (Å²) in [7, 11) is 1.38. The second kappa shape index (κ2) is 9.77. The van der Waals surface area contributed by atoms with Gasteiger partial charge in [-0.25, -0.2) is 4.98 Å². The van der Waals surface area contributed by atoms with Crippen LogP contribution in [0.25, 0.3) is 10.9 Å². The van der Waals surface area contributed by atoms with Crippen LogP contribution < -0.4 is 9.80 Å². The van der Waals surface area contributed by atoms with Crippen LogP contribution in [0.2, 0.25) is 10.0 Å². The first-order valence-electron chi connectivity index (χ1n) is 10.6. The van der Waals surface area contributed by atoms with Crippen LogP contribution in [-0.2, 0) is 14.3 Å². The third-order valence-corrected chi connectivity index (χ3v) is 6.80. The topological polar surface area (TPSA) is 75.1 Å². The minimum absolute atomic E-state index is 0.164. The van der Waals surface area contributed by atoms with Gasteiger partial charge in [0, 0.05) is 36.8 Å². The largest absolute Gasteiger partial charge is 0.469 e. The summed E-state index contributed by atoms with van der Waals surface area (Å²) in [6.45, 7) is 3.07. The average Bonchev–Trinajstić information content (AvgIpc) is 3.42. The van der Waals surface area contributed by atoms with Crippen molar-refractivity contribution in [1.29, 1.82) is 0 Å². The fourth-order valence-corrected chi connectivity index (χ4v) is 4.72. The molecule has 1 aromatic carbocycles. The molecule has 168 valence electrons. The highest BCUT2D eigenvalue weighted by Crippen LogP contribution is 2.39. The van der Waals surface area contributed by atoms with Gasteiger partial charge >= 0.3 is 5.97 Å². The Morgan fingerprint density at radius 1 is 1.29 bits per heavy atom. The number of ether oxygens (including phenoxy) is 2. The van der Waals surface area contributed by atoms with E-state index in [9.17, 15) is 9.90 Å². The Morgan fingerprint density at radius 2 is 2.13 bits per heavy atom. The molecular weight excluding hydrogens is 441 g/mol. The van der Waals surface area contributed by atoms with E-state index in [1.54, 1.807) is 6.07 Å². The lowest BCUT2D eigenvalue weighted by Crippen LogP contribution is -2.34. The summed E-state index contributed by atoms with van der Waals surface area (Å²) >= 11 is 12.8. The molecule has 1 unspecified atom stereocenters. The molecule has 0 aliphatic carbocycles. The lowest BCUT2D eigenvalue weighted by atomic mass is 10.1. The Hall–Kier alpha value is -1.80. The number of halogens is 2. The predicted molar refractivity (Wildman–Crippen MR) is 122 cm³/mol. The zero-order valence-corrected chi connectivity index (χ0v) is 19.0. The number of nitrogens with zero attached hydrogens (tertiary/aromatic N) is 3. The number of aliphatic hydroxyl groups excluding tert-OH is 1. The van der Waals surface area contributed by atoms with E-state index >= 15 is 0 Å².